The molecule has 7 heteroatoms. The van der Waals surface area contributed by atoms with E-state index in [1.165, 1.54) is 36.5 Å². The molecule has 310 valence electrons. The summed E-state index contributed by atoms with van der Waals surface area (Å²) in [4.78, 5) is 0. The van der Waals surface area contributed by atoms with Crippen LogP contribution in [-0.4, -0.2) is 48.4 Å². The summed E-state index contributed by atoms with van der Waals surface area (Å²) in [7, 11) is -5.68. The zero-order chi connectivity index (χ0) is 41.0. The van der Waals surface area contributed by atoms with Crippen molar-refractivity contribution in [1.82, 2.24) is 0 Å². The van der Waals surface area contributed by atoms with Crippen LogP contribution in [0.1, 0.15) is 149 Å². The Morgan fingerprint density at radius 2 is 1.37 bits per heavy atom. The fourth-order valence-electron chi connectivity index (χ4n) is 10.3. The van der Waals surface area contributed by atoms with Crippen LogP contribution in [0.4, 0.5) is 0 Å². The SMILES string of the molecule is CCC(C)(OC=CCC(C)(C)O[Si](CC)(CC)CC)C1=CC[C@H]2C3=CC=C4CC(O[Si](C)(C)C(C)(C)C)CC(O[Si](C)(C)C(C)(C)C)[C@]4(C)[C@H]3CC[C@]12C. The number of fused-ring (bicyclic) bond motifs is 5. The van der Waals surface area contributed by atoms with Crippen molar-refractivity contribution in [3.8, 4) is 0 Å². The van der Waals surface area contributed by atoms with Crippen molar-refractivity contribution < 1.29 is 18.0 Å². The molecule has 0 aliphatic heterocycles. The Labute approximate surface area is 338 Å². The maximum atomic E-state index is 7.61. The van der Waals surface area contributed by atoms with Crippen molar-refractivity contribution >= 4 is 25.0 Å². The van der Waals surface area contributed by atoms with Crippen molar-refractivity contribution in [2.45, 2.75) is 227 Å². The van der Waals surface area contributed by atoms with Crippen molar-refractivity contribution in [3.05, 3.63) is 47.3 Å². The number of rotatable bonds is 15. The van der Waals surface area contributed by atoms with Gasteiger partial charge in [0.15, 0.2) is 25.0 Å². The first kappa shape index (κ1) is 46.0. The first-order valence-electron chi connectivity index (χ1n) is 22.1. The number of ether oxygens (including phenoxy) is 1. The molecule has 0 radical (unpaired) electrons. The van der Waals surface area contributed by atoms with Gasteiger partial charge in [0.25, 0.3) is 0 Å². The zero-order valence-electron chi connectivity index (χ0n) is 38.9. The Morgan fingerprint density at radius 3 is 1.91 bits per heavy atom. The highest BCUT2D eigenvalue weighted by Crippen LogP contribution is 2.66. The lowest BCUT2D eigenvalue weighted by Crippen LogP contribution is -2.58. The van der Waals surface area contributed by atoms with Gasteiger partial charge < -0.3 is 18.0 Å². The van der Waals surface area contributed by atoms with Gasteiger partial charge in [-0.2, -0.15) is 0 Å². The van der Waals surface area contributed by atoms with Crippen LogP contribution in [-0.2, 0) is 18.0 Å². The molecule has 0 aromatic rings. The summed E-state index contributed by atoms with van der Waals surface area (Å²) >= 11 is 0. The molecule has 4 nitrogen and oxygen atoms in total. The van der Waals surface area contributed by atoms with Crippen molar-refractivity contribution in [2.75, 3.05) is 0 Å². The Balaban J connectivity index is 1.61. The van der Waals surface area contributed by atoms with E-state index in [4.69, 9.17) is 18.0 Å². The third-order valence-corrected chi connectivity index (χ3v) is 30.3. The number of allylic oxidation sites excluding steroid dienone is 4. The van der Waals surface area contributed by atoms with Crippen LogP contribution in [0.25, 0.3) is 0 Å². The van der Waals surface area contributed by atoms with Gasteiger partial charge in [-0.3, -0.25) is 0 Å². The van der Waals surface area contributed by atoms with Crippen LogP contribution in [0, 0.1) is 22.7 Å². The number of hydrogen-bond acceptors (Lipinski definition) is 4. The second kappa shape index (κ2) is 15.8. The smallest absolute Gasteiger partial charge is 0.192 e. The molecule has 0 amide bonds. The van der Waals surface area contributed by atoms with E-state index in [1.807, 2.05) is 6.26 Å². The van der Waals surface area contributed by atoms with E-state index in [1.54, 1.807) is 11.1 Å². The van der Waals surface area contributed by atoms with E-state index < -0.39 is 25.0 Å². The van der Waals surface area contributed by atoms with Crippen LogP contribution < -0.4 is 0 Å². The molecule has 0 N–H and O–H groups in total. The van der Waals surface area contributed by atoms with Crippen LogP contribution in [0.3, 0.4) is 0 Å². The summed E-state index contributed by atoms with van der Waals surface area (Å²) < 4.78 is 28.6. The van der Waals surface area contributed by atoms with Crippen LogP contribution >= 0.6 is 0 Å². The lowest BCUT2D eigenvalue weighted by molar-refractivity contribution is -0.0415. The molecule has 4 rings (SSSR count). The second-order valence-corrected chi connectivity index (χ2v) is 36.5. The summed E-state index contributed by atoms with van der Waals surface area (Å²) in [6, 6.07) is 3.53. The highest BCUT2D eigenvalue weighted by atomic mass is 28.4. The Morgan fingerprint density at radius 1 is 0.796 bits per heavy atom. The monoisotopic (exact) mass is 799 g/mol. The van der Waals surface area contributed by atoms with Crippen LogP contribution in [0.15, 0.2) is 47.3 Å². The molecule has 2 fully saturated rings. The Hall–Kier alpha value is -0.709. The van der Waals surface area contributed by atoms with Crippen LogP contribution in [0.2, 0.25) is 54.4 Å². The third-order valence-electron chi connectivity index (χ3n) is 16.4. The predicted molar refractivity (Wildman–Crippen MR) is 241 cm³/mol. The summed E-state index contributed by atoms with van der Waals surface area (Å²) in [6.45, 7) is 45.3. The molecule has 54 heavy (non-hydrogen) atoms. The van der Waals surface area contributed by atoms with E-state index in [0.717, 1.165) is 32.1 Å². The maximum Gasteiger partial charge on any atom is 0.192 e. The molecule has 7 atom stereocenters. The van der Waals surface area contributed by atoms with Crippen molar-refractivity contribution in [3.63, 3.8) is 0 Å². The van der Waals surface area contributed by atoms with Gasteiger partial charge in [0.05, 0.1) is 24.1 Å². The van der Waals surface area contributed by atoms with E-state index in [0.29, 0.717) is 11.8 Å². The van der Waals surface area contributed by atoms with Crippen molar-refractivity contribution in [2.24, 2.45) is 22.7 Å². The molecule has 0 spiro atoms. The number of hydrogen-bond donors (Lipinski definition) is 0. The van der Waals surface area contributed by atoms with Gasteiger partial charge in [0.2, 0.25) is 0 Å². The van der Waals surface area contributed by atoms with Crippen LogP contribution in [0.5, 0.6) is 0 Å². The van der Waals surface area contributed by atoms with Gasteiger partial charge in [0, 0.05) is 5.41 Å². The highest BCUT2D eigenvalue weighted by molar-refractivity contribution is 6.74. The largest absolute Gasteiger partial charge is 0.491 e. The Kier molecular flexibility index (Phi) is 13.5. The molecule has 0 aromatic heterocycles. The molecule has 4 aliphatic rings. The molecule has 0 heterocycles. The molecule has 0 saturated heterocycles. The summed E-state index contributed by atoms with van der Waals surface area (Å²) in [5, 5.41) is 0.334. The van der Waals surface area contributed by atoms with Gasteiger partial charge >= 0.3 is 0 Å². The summed E-state index contributed by atoms with van der Waals surface area (Å²) in [5.74, 6) is 0.990. The fraction of sp³-hybridized carbons (Fsp3) is 0.830. The fourth-order valence-corrected chi connectivity index (χ4v) is 16.2. The highest BCUT2D eigenvalue weighted by Gasteiger charge is 2.60. The van der Waals surface area contributed by atoms with E-state index >= 15 is 0 Å². The maximum absolute atomic E-state index is 7.61. The molecule has 2 saturated carbocycles. The molecular weight excluding hydrogens is 713 g/mol. The summed E-state index contributed by atoms with van der Waals surface area (Å²) in [5.41, 5.74) is 4.29. The minimum Gasteiger partial charge on any atom is -0.491 e. The van der Waals surface area contributed by atoms with Gasteiger partial charge in [-0.15, -0.1) is 0 Å². The van der Waals surface area contributed by atoms with E-state index in [9.17, 15) is 0 Å². The first-order valence-corrected chi connectivity index (χ1v) is 30.5. The molecular formula is C47H86O4Si3. The minimum atomic E-state index is -2.06. The summed E-state index contributed by atoms with van der Waals surface area (Å²) in [6.07, 6.45) is 19.6. The van der Waals surface area contributed by atoms with Gasteiger partial charge in [-0.25, -0.2) is 0 Å². The Bertz CT molecular complexity index is 1450. The average molecular weight is 799 g/mol. The average Bonchev–Trinajstić information content (AvgIpc) is 3.43. The van der Waals surface area contributed by atoms with E-state index in [-0.39, 0.29) is 44.3 Å². The normalized spacial score (nSPS) is 30.9. The van der Waals surface area contributed by atoms with Gasteiger partial charge in [0.1, 0.15) is 5.60 Å². The lowest BCUT2D eigenvalue weighted by atomic mass is 9.49. The van der Waals surface area contributed by atoms with E-state index in [2.05, 4.69) is 154 Å². The third kappa shape index (κ3) is 8.67. The van der Waals surface area contributed by atoms with Gasteiger partial charge in [-0.1, -0.05) is 112 Å². The molecule has 4 aliphatic carbocycles. The standard InChI is InChI=1S/C47H86O4Si3/c1-20-46(14,48-32-24-30-44(11,12)51-54(21-2,22-3)23-4)40-28-27-38-37-26-25-35-33-36(49-52(16,17)42(5,6)7)34-41(50-53(18,19)43(8,9)10)47(35,15)39(37)29-31-45(38,40)13/h24-26,28,32,36,38-39,41H,20-23,27,29-31,33-34H2,1-19H3/t36?,38-,39-,41?,45-,46?,47-/m0/s1. The zero-order valence-corrected chi connectivity index (χ0v) is 41.9. The molecule has 0 bridgehead atoms. The topological polar surface area (TPSA) is 36.9 Å². The minimum absolute atomic E-state index is 0.0209. The first-order chi connectivity index (χ1) is 24.6. The van der Waals surface area contributed by atoms with Gasteiger partial charge in [-0.05, 0) is 149 Å². The predicted octanol–water partition coefficient (Wildman–Crippen LogP) is 14.7. The molecule has 0 aromatic carbocycles. The quantitative estimate of drug-likeness (QED) is 0.0939. The van der Waals surface area contributed by atoms with Crippen molar-refractivity contribution in [1.29, 1.82) is 0 Å². The molecule has 3 unspecified atom stereocenters. The second-order valence-electron chi connectivity index (χ2n) is 22.2. The lowest BCUT2D eigenvalue weighted by Gasteiger charge is -2.59.